The molecule has 0 aliphatic carbocycles. The van der Waals surface area contributed by atoms with Gasteiger partial charge in [0.05, 0.1) is 5.52 Å². The SMILES string of the molecule is CNC(=O)CC1CCN(Cc2ccnc3ccccc23)CC1. The highest BCUT2D eigenvalue weighted by molar-refractivity contribution is 5.81. The molecule has 1 aliphatic rings. The highest BCUT2D eigenvalue weighted by atomic mass is 16.1. The topological polar surface area (TPSA) is 45.2 Å². The van der Waals surface area contributed by atoms with Gasteiger partial charge < -0.3 is 5.32 Å². The van der Waals surface area contributed by atoms with E-state index in [1.54, 1.807) is 7.05 Å². The van der Waals surface area contributed by atoms with Crippen LogP contribution in [-0.4, -0.2) is 35.9 Å². The molecule has 3 rings (SSSR count). The fourth-order valence-corrected chi connectivity index (χ4v) is 3.25. The van der Waals surface area contributed by atoms with Gasteiger partial charge in [-0.15, -0.1) is 0 Å². The predicted octanol–water partition coefficient (Wildman–Crippen LogP) is 2.58. The van der Waals surface area contributed by atoms with Gasteiger partial charge in [-0.05, 0) is 49.5 Å². The Morgan fingerprint density at radius 3 is 2.82 bits per heavy atom. The number of hydrogen-bond acceptors (Lipinski definition) is 3. The number of nitrogens with zero attached hydrogens (tertiary/aromatic N) is 2. The molecule has 0 atom stereocenters. The Bertz CT molecular complexity index is 642. The summed E-state index contributed by atoms with van der Waals surface area (Å²) in [6.45, 7) is 3.10. The smallest absolute Gasteiger partial charge is 0.220 e. The Balaban J connectivity index is 1.61. The zero-order chi connectivity index (χ0) is 15.4. The molecule has 0 spiro atoms. The van der Waals surface area contributed by atoms with Gasteiger partial charge in [-0.25, -0.2) is 0 Å². The molecular formula is C18H23N3O. The monoisotopic (exact) mass is 297 g/mol. The van der Waals surface area contributed by atoms with Gasteiger partial charge in [0, 0.05) is 31.6 Å². The molecule has 116 valence electrons. The third-order valence-electron chi connectivity index (χ3n) is 4.59. The number of amides is 1. The molecule has 0 bridgehead atoms. The van der Waals surface area contributed by atoms with Crippen molar-refractivity contribution >= 4 is 16.8 Å². The normalized spacial score (nSPS) is 16.8. The van der Waals surface area contributed by atoms with Crippen LogP contribution in [-0.2, 0) is 11.3 Å². The third kappa shape index (κ3) is 3.45. The van der Waals surface area contributed by atoms with Crippen molar-refractivity contribution in [3.8, 4) is 0 Å². The second kappa shape index (κ2) is 6.88. The number of hydrogen-bond donors (Lipinski definition) is 1. The summed E-state index contributed by atoms with van der Waals surface area (Å²) in [6, 6.07) is 10.4. The van der Waals surface area contributed by atoms with Gasteiger partial charge >= 0.3 is 0 Å². The van der Waals surface area contributed by atoms with Gasteiger partial charge in [0.2, 0.25) is 5.91 Å². The second-order valence-electron chi connectivity index (χ2n) is 6.08. The first-order valence-electron chi connectivity index (χ1n) is 8.02. The lowest BCUT2D eigenvalue weighted by molar-refractivity contribution is -0.121. The molecular weight excluding hydrogens is 274 g/mol. The van der Waals surface area contributed by atoms with Gasteiger partial charge in [0.1, 0.15) is 0 Å². The fraction of sp³-hybridized carbons (Fsp3) is 0.444. The van der Waals surface area contributed by atoms with Crippen LogP contribution in [0.15, 0.2) is 36.5 Å². The summed E-state index contributed by atoms with van der Waals surface area (Å²) in [5.41, 5.74) is 2.41. The standard InChI is InChI=1S/C18H23N3O/c1-19-18(22)12-14-7-10-21(11-8-14)13-15-6-9-20-17-5-3-2-4-16(15)17/h2-6,9,14H,7-8,10-13H2,1H3,(H,19,22). The number of nitrogens with one attached hydrogen (secondary N) is 1. The number of carbonyl (C=O) groups excluding carboxylic acids is 1. The van der Waals surface area contributed by atoms with Crippen LogP contribution in [0, 0.1) is 5.92 Å². The van der Waals surface area contributed by atoms with E-state index in [9.17, 15) is 4.79 Å². The average molecular weight is 297 g/mol. The lowest BCUT2D eigenvalue weighted by atomic mass is 9.93. The van der Waals surface area contributed by atoms with E-state index in [4.69, 9.17) is 0 Å². The number of likely N-dealkylation sites (tertiary alicyclic amines) is 1. The van der Waals surface area contributed by atoms with E-state index < -0.39 is 0 Å². The summed E-state index contributed by atoms with van der Waals surface area (Å²) >= 11 is 0. The molecule has 22 heavy (non-hydrogen) atoms. The predicted molar refractivity (Wildman–Crippen MR) is 88.4 cm³/mol. The summed E-state index contributed by atoms with van der Waals surface area (Å²) < 4.78 is 0. The van der Waals surface area contributed by atoms with Crippen molar-refractivity contribution < 1.29 is 4.79 Å². The van der Waals surface area contributed by atoms with Crippen molar-refractivity contribution in [2.24, 2.45) is 5.92 Å². The van der Waals surface area contributed by atoms with E-state index in [2.05, 4.69) is 39.5 Å². The molecule has 1 aliphatic heterocycles. The van der Waals surface area contributed by atoms with Gasteiger partial charge in [0.25, 0.3) is 0 Å². The van der Waals surface area contributed by atoms with Crippen molar-refractivity contribution in [2.45, 2.75) is 25.8 Å². The van der Waals surface area contributed by atoms with Crippen LogP contribution >= 0.6 is 0 Å². The molecule has 2 heterocycles. The maximum Gasteiger partial charge on any atom is 0.220 e. The van der Waals surface area contributed by atoms with Crippen LogP contribution < -0.4 is 5.32 Å². The summed E-state index contributed by atoms with van der Waals surface area (Å²) in [7, 11) is 1.71. The zero-order valence-corrected chi connectivity index (χ0v) is 13.1. The zero-order valence-electron chi connectivity index (χ0n) is 13.1. The highest BCUT2D eigenvalue weighted by Gasteiger charge is 2.21. The molecule has 1 aromatic carbocycles. The summed E-state index contributed by atoms with van der Waals surface area (Å²) in [5, 5.41) is 3.97. The summed E-state index contributed by atoms with van der Waals surface area (Å²) in [4.78, 5) is 18.4. The van der Waals surface area contributed by atoms with E-state index in [0.29, 0.717) is 12.3 Å². The lowest BCUT2D eigenvalue weighted by Gasteiger charge is -2.31. The van der Waals surface area contributed by atoms with Crippen LogP contribution in [0.25, 0.3) is 10.9 Å². The molecule has 1 fully saturated rings. The summed E-state index contributed by atoms with van der Waals surface area (Å²) in [6.07, 6.45) is 4.78. The number of pyridine rings is 1. The van der Waals surface area contributed by atoms with Crippen molar-refractivity contribution in [3.05, 3.63) is 42.1 Å². The Hall–Kier alpha value is -1.94. The number of rotatable bonds is 4. The molecule has 2 aromatic rings. The number of aromatic nitrogens is 1. The van der Waals surface area contributed by atoms with Crippen molar-refractivity contribution in [2.75, 3.05) is 20.1 Å². The first-order valence-corrected chi connectivity index (χ1v) is 8.02. The third-order valence-corrected chi connectivity index (χ3v) is 4.59. The lowest BCUT2D eigenvalue weighted by Crippen LogP contribution is -2.35. The Labute approximate surface area is 131 Å². The molecule has 0 saturated carbocycles. The minimum Gasteiger partial charge on any atom is -0.359 e. The fourth-order valence-electron chi connectivity index (χ4n) is 3.25. The minimum absolute atomic E-state index is 0.165. The quantitative estimate of drug-likeness (QED) is 0.943. The maximum absolute atomic E-state index is 11.5. The second-order valence-corrected chi connectivity index (χ2v) is 6.08. The number of carbonyl (C=O) groups is 1. The highest BCUT2D eigenvalue weighted by Crippen LogP contribution is 2.24. The van der Waals surface area contributed by atoms with E-state index in [0.717, 1.165) is 38.0 Å². The molecule has 4 nitrogen and oxygen atoms in total. The molecule has 1 saturated heterocycles. The van der Waals surface area contributed by atoms with Gasteiger partial charge in [-0.1, -0.05) is 18.2 Å². The number of piperidine rings is 1. The first kappa shape index (κ1) is 15.0. The number of benzene rings is 1. The molecule has 0 unspecified atom stereocenters. The molecule has 4 heteroatoms. The minimum atomic E-state index is 0.165. The molecule has 0 radical (unpaired) electrons. The van der Waals surface area contributed by atoms with Crippen LogP contribution in [0.2, 0.25) is 0 Å². The number of fused-ring (bicyclic) bond motifs is 1. The van der Waals surface area contributed by atoms with Crippen LogP contribution in [0.1, 0.15) is 24.8 Å². The van der Waals surface area contributed by atoms with Crippen molar-refractivity contribution in [1.82, 2.24) is 15.2 Å². The van der Waals surface area contributed by atoms with Crippen LogP contribution in [0.5, 0.6) is 0 Å². The van der Waals surface area contributed by atoms with Crippen molar-refractivity contribution in [1.29, 1.82) is 0 Å². The Morgan fingerprint density at radius 1 is 1.27 bits per heavy atom. The van der Waals surface area contributed by atoms with Gasteiger partial charge in [-0.3, -0.25) is 14.7 Å². The maximum atomic E-state index is 11.5. The Morgan fingerprint density at radius 2 is 2.05 bits per heavy atom. The van der Waals surface area contributed by atoms with E-state index in [1.165, 1.54) is 10.9 Å². The average Bonchev–Trinajstić information content (AvgIpc) is 2.57. The van der Waals surface area contributed by atoms with E-state index in [1.807, 2.05) is 12.3 Å². The molecule has 1 aromatic heterocycles. The first-order chi connectivity index (χ1) is 10.8. The van der Waals surface area contributed by atoms with Crippen LogP contribution in [0.3, 0.4) is 0 Å². The van der Waals surface area contributed by atoms with Gasteiger partial charge in [0.15, 0.2) is 0 Å². The Kier molecular flexibility index (Phi) is 4.68. The number of para-hydroxylation sites is 1. The van der Waals surface area contributed by atoms with Gasteiger partial charge in [-0.2, -0.15) is 0 Å². The largest absolute Gasteiger partial charge is 0.359 e. The van der Waals surface area contributed by atoms with Crippen molar-refractivity contribution in [3.63, 3.8) is 0 Å². The summed E-state index contributed by atoms with van der Waals surface area (Å²) in [5.74, 6) is 0.698. The molecule has 1 N–H and O–H groups in total. The van der Waals surface area contributed by atoms with E-state index >= 15 is 0 Å². The molecule has 1 amide bonds. The van der Waals surface area contributed by atoms with Crippen LogP contribution in [0.4, 0.5) is 0 Å². The van der Waals surface area contributed by atoms with E-state index in [-0.39, 0.29) is 5.91 Å².